The van der Waals surface area contributed by atoms with Crippen LogP contribution in [0.1, 0.15) is 6.92 Å². The summed E-state index contributed by atoms with van der Waals surface area (Å²) in [6, 6.07) is 48.4. The van der Waals surface area contributed by atoms with Gasteiger partial charge in [-0.3, -0.25) is 4.90 Å². The summed E-state index contributed by atoms with van der Waals surface area (Å²) in [5.74, 6) is 4.92. The van der Waals surface area contributed by atoms with Crippen LogP contribution in [0.2, 0.25) is 0 Å². The van der Waals surface area contributed by atoms with Crippen molar-refractivity contribution < 1.29 is 0 Å². The lowest BCUT2D eigenvalue weighted by Crippen LogP contribution is -2.26. The fourth-order valence-electron chi connectivity index (χ4n) is 7.49. The van der Waals surface area contributed by atoms with E-state index in [9.17, 15) is 0 Å². The molecule has 7 aromatic rings. The molecule has 0 N–H and O–H groups in total. The summed E-state index contributed by atoms with van der Waals surface area (Å²) in [6.45, 7) is 2.06. The molecule has 1 aromatic heterocycles. The van der Waals surface area contributed by atoms with Crippen LogP contribution in [0, 0.1) is 12.3 Å². The quantitative estimate of drug-likeness (QED) is 0.168. The van der Waals surface area contributed by atoms with Gasteiger partial charge in [0.05, 0.1) is 17.1 Å². The zero-order valence-electron chi connectivity index (χ0n) is 29.2. The van der Waals surface area contributed by atoms with Crippen LogP contribution in [0.3, 0.4) is 0 Å². The van der Waals surface area contributed by atoms with Crippen molar-refractivity contribution >= 4 is 49.5 Å². The van der Waals surface area contributed by atoms with Crippen LogP contribution in [0.25, 0.3) is 44.7 Å². The molecule has 250 valence electrons. The van der Waals surface area contributed by atoms with Crippen LogP contribution in [-0.2, 0) is 0 Å². The smallest absolute Gasteiger partial charge is 0.238 e. The molecule has 6 heteroatoms. The molecule has 2 aliphatic rings. The Bertz CT molecular complexity index is 2560. The van der Waals surface area contributed by atoms with Gasteiger partial charge in [-0.15, -0.1) is 6.42 Å². The van der Waals surface area contributed by atoms with Crippen LogP contribution < -0.4 is 9.80 Å². The van der Waals surface area contributed by atoms with Gasteiger partial charge in [0.25, 0.3) is 0 Å². The molecule has 52 heavy (non-hydrogen) atoms. The lowest BCUT2D eigenvalue weighted by molar-refractivity contribution is 1.02. The summed E-state index contributed by atoms with van der Waals surface area (Å²) in [6.07, 6.45) is 15.4. The van der Waals surface area contributed by atoms with Gasteiger partial charge in [0.1, 0.15) is 5.70 Å². The highest BCUT2D eigenvalue weighted by molar-refractivity contribution is 8.36. The minimum Gasteiger partial charge on any atom is -0.301 e. The molecule has 3 heterocycles. The topological polar surface area (TPSA) is 45.2 Å². The van der Waals surface area contributed by atoms with Crippen molar-refractivity contribution in [2.75, 3.05) is 22.3 Å². The number of benzene rings is 6. The van der Waals surface area contributed by atoms with Gasteiger partial charge in [0.15, 0.2) is 11.6 Å². The van der Waals surface area contributed by atoms with Crippen LogP contribution >= 0.6 is 10.0 Å². The zero-order chi connectivity index (χ0) is 35.4. The number of nitrogens with zero attached hydrogens (tertiary/aromatic N) is 5. The fraction of sp³-hybridized carbons (Fsp3) is 0.0652. The van der Waals surface area contributed by atoms with E-state index in [-0.39, 0.29) is 0 Å². The standard InChI is InChI=1S/C46H35N5S/c1-5-18-41-37(6-2)50(34-25-14-9-15-26-34)40-29-36-35-27-16-23-31-24-17-28-38(43(31)35)51(39(36)30-42(40)52(41,3)4)46-48-44(32-19-10-7-11-20-32)47-45(49-46)33-21-12-8-13-22-33/h2,5,7-30H,1,3-4H3/b18-5-. The average molecular weight is 690 g/mol. The SMILES string of the molecule is C#CC1=C(/C=C\C)S(C)(C)c2cc3c(cc2N1c1ccccc1)-c1cccc2cccc(c12)N3c1nc(-c2ccccc2)nc(-c2ccccc2)n1. The third-order valence-corrected chi connectivity index (χ3v) is 12.7. The van der Waals surface area contributed by atoms with Crippen molar-refractivity contribution in [3.63, 3.8) is 0 Å². The van der Waals surface area contributed by atoms with Gasteiger partial charge in [-0.05, 0) is 60.7 Å². The van der Waals surface area contributed by atoms with Gasteiger partial charge in [0.2, 0.25) is 5.95 Å². The Kier molecular flexibility index (Phi) is 7.53. The number of allylic oxidation sites excluding steroid dienone is 3. The molecule has 0 radical (unpaired) electrons. The van der Waals surface area contributed by atoms with Crippen molar-refractivity contribution in [1.29, 1.82) is 0 Å². The number of para-hydroxylation sites is 1. The van der Waals surface area contributed by atoms with Crippen LogP contribution in [-0.4, -0.2) is 27.5 Å². The van der Waals surface area contributed by atoms with E-state index in [4.69, 9.17) is 21.4 Å². The highest BCUT2D eigenvalue weighted by Gasteiger charge is 2.38. The molecule has 2 aliphatic heterocycles. The predicted octanol–water partition coefficient (Wildman–Crippen LogP) is 11.8. The van der Waals surface area contributed by atoms with E-state index in [1.165, 1.54) is 4.90 Å². The Morgan fingerprint density at radius 1 is 0.615 bits per heavy atom. The highest BCUT2D eigenvalue weighted by Crippen LogP contribution is 2.67. The molecule has 6 aromatic carbocycles. The van der Waals surface area contributed by atoms with Crippen LogP contribution in [0.5, 0.6) is 0 Å². The summed E-state index contributed by atoms with van der Waals surface area (Å²) in [5, 5.41) is 2.30. The van der Waals surface area contributed by atoms with Gasteiger partial charge < -0.3 is 4.90 Å². The number of hydrogen-bond acceptors (Lipinski definition) is 5. The second-order valence-electron chi connectivity index (χ2n) is 13.2. The van der Waals surface area contributed by atoms with Gasteiger partial charge in [-0.2, -0.15) is 20.0 Å². The number of hydrogen-bond donors (Lipinski definition) is 0. The first-order valence-electron chi connectivity index (χ1n) is 17.3. The second-order valence-corrected chi connectivity index (χ2v) is 16.8. The van der Waals surface area contributed by atoms with Crippen LogP contribution in [0.15, 0.2) is 167 Å². The maximum absolute atomic E-state index is 6.41. The average Bonchev–Trinajstić information content (AvgIpc) is 3.19. The van der Waals surface area contributed by atoms with E-state index < -0.39 is 10.0 Å². The Balaban J connectivity index is 1.38. The summed E-state index contributed by atoms with van der Waals surface area (Å²) in [4.78, 5) is 22.4. The van der Waals surface area contributed by atoms with Crippen LogP contribution in [0.4, 0.5) is 28.7 Å². The van der Waals surface area contributed by atoms with E-state index in [1.807, 2.05) is 66.7 Å². The number of rotatable bonds is 5. The molecule has 9 rings (SSSR count). The first-order chi connectivity index (χ1) is 25.5. The normalized spacial score (nSPS) is 15.0. The van der Waals surface area contributed by atoms with Crippen molar-refractivity contribution in [1.82, 2.24) is 15.0 Å². The van der Waals surface area contributed by atoms with E-state index in [0.717, 1.165) is 66.4 Å². The van der Waals surface area contributed by atoms with Gasteiger partial charge >= 0.3 is 0 Å². The number of fused-ring (bicyclic) bond motifs is 3. The van der Waals surface area contributed by atoms with Gasteiger partial charge in [0, 0.05) is 37.6 Å². The van der Waals surface area contributed by atoms with Crippen molar-refractivity contribution in [3.8, 4) is 46.2 Å². The molecular formula is C46H35N5S. The summed E-state index contributed by atoms with van der Waals surface area (Å²) < 4.78 is 0. The molecule has 0 fully saturated rings. The Morgan fingerprint density at radius 2 is 1.23 bits per heavy atom. The fourth-order valence-corrected chi connectivity index (χ4v) is 9.91. The lowest BCUT2D eigenvalue weighted by Gasteiger charge is -2.46. The van der Waals surface area contributed by atoms with Gasteiger partial charge in [-0.25, -0.2) is 4.98 Å². The molecule has 0 unspecified atom stereocenters. The molecule has 0 saturated heterocycles. The molecule has 0 saturated carbocycles. The minimum absolute atomic E-state index is 0.563. The number of aromatic nitrogens is 3. The predicted molar refractivity (Wildman–Crippen MR) is 219 cm³/mol. The largest absolute Gasteiger partial charge is 0.301 e. The number of terminal acetylenes is 1. The molecule has 0 atom stereocenters. The van der Waals surface area contributed by atoms with E-state index in [2.05, 4.69) is 120 Å². The lowest BCUT2D eigenvalue weighted by atomic mass is 9.90. The summed E-state index contributed by atoms with van der Waals surface area (Å²) >= 11 is 0. The van der Waals surface area contributed by atoms with E-state index in [0.29, 0.717) is 17.6 Å². The second kappa shape index (κ2) is 12.4. The molecular weight excluding hydrogens is 655 g/mol. The van der Waals surface area contributed by atoms with Crippen molar-refractivity contribution in [2.24, 2.45) is 0 Å². The van der Waals surface area contributed by atoms with Crippen molar-refractivity contribution in [2.45, 2.75) is 11.8 Å². The Morgan fingerprint density at radius 3 is 1.85 bits per heavy atom. The third-order valence-electron chi connectivity index (χ3n) is 9.89. The Labute approximate surface area is 306 Å². The third kappa shape index (κ3) is 4.93. The zero-order valence-corrected chi connectivity index (χ0v) is 30.0. The van der Waals surface area contributed by atoms with Crippen molar-refractivity contribution in [3.05, 3.63) is 162 Å². The molecule has 5 nitrogen and oxygen atoms in total. The maximum atomic E-state index is 6.41. The summed E-state index contributed by atoms with van der Waals surface area (Å²) in [7, 11) is -1.59. The van der Waals surface area contributed by atoms with E-state index >= 15 is 0 Å². The molecule has 0 aliphatic carbocycles. The molecule has 0 bridgehead atoms. The van der Waals surface area contributed by atoms with E-state index in [1.54, 1.807) is 0 Å². The van der Waals surface area contributed by atoms with Gasteiger partial charge in [-0.1, -0.05) is 127 Å². The highest BCUT2D eigenvalue weighted by atomic mass is 32.3. The molecule has 0 amide bonds. The molecule has 0 spiro atoms. The summed E-state index contributed by atoms with van der Waals surface area (Å²) in [5.41, 5.74) is 9.15. The first kappa shape index (κ1) is 31.6. The minimum atomic E-state index is -1.59. The number of anilines is 5. The monoisotopic (exact) mass is 689 g/mol. The Hall–Kier alpha value is -6.42. The maximum Gasteiger partial charge on any atom is 0.238 e. The first-order valence-corrected chi connectivity index (χ1v) is 19.7.